The number of rotatable bonds is 9. The first-order chi connectivity index (χ1) is 16.3. The molecular formula is C25H27N3O5S. The quantitative estimate of drug-likeness (QED) is 0.363. The van der Waals surface area contributed by atoms with Crippen molar-refractivity contribution in [2.75, 3.05) is 25.3 Å². The first-order valence-electron chi connectivity index (χ1n) is 10.7. The van der Waals surface area contributed by atoms with Crippen molar-refractivity contribution in [3.05, 3.63) is 71.0 Å². The van der Waals surface area contributed by atoms with Gasteiger partial charge in [-0.2, -0.15) is 5.10 Å². The van der Waals surface area contributed by atoms with Crippen molar-refractivity contribution in [1.82, 2.24) is 9.78 Å². The first kappa shape index (κ1) is 25.0. The molecule has 1 heterocycles. The van der Waals surface area contributed by atoms with E-state index in [4.69, 9.17) is 9.47 Å². The Labute approximate surface area is 202 Å². The Kier molecular flexibility index (Phi) is 8.48. The third-order valence-electron chi connectivity index (χ3n) is 5.28. The number of hydrogen-bond acceptors (Lipinski definition) is 7. The van der Waals surface area contributed by atoms with Crippen molar-refractivity contribution in [1.29, 1.82) is 0 Å². The maximum atomic E-state index is 12.4. The minimum atomic E-state index is -0.591. The summed E-state index contributed by atoms with van der Waals surface area (Å²) in [5.41, 5.74) is 4.48. The Hall–Kier alpha value is -3.59. The Morgan fingerprint density at radius 1 is 1.09 bits per heavy atom. The largest absolute Gasteiger partial charge is 0.469 e. The molecule has 178 valence electrons. The van der Waals surface area contributed by atoms with Crippen molar-refractivity contribution in [3.8, 4) is 5.69 Å². The number of nitrogens with one attached hydrogen (secondary N) is 1. The molecule has 0 aliphatic heterocycles. The maximum absolute atomic E-state index is 12.4. The van der Waals surface area contributed by atoms with Crippen LogP contribution in [0.5, 0.6) is 0 Å². The highest BCUT2D eigenvalue weighted by atomic mass is 32.2. The Balaban J connectivity index is 1.60. The van der Waals surface area contributed by atoms with Gasteiger partial charge in [0.2, 0.25) is 0 Å². The molecule has 2 aromatic carbocycles. The van der Waals surface area contributed by atoms with E-state index in [1.54, 1.807) is 46.8 Å². The first-order valence-corrected chi connectivity index (χ1v) is 11.9. The zero-order valence-electron chi connectivity index (χ0n) is 19.6. The average molecular weight is 482 g/mol. The van der Waals surface area contributed by atoms with Crippen LogP contribution in [0.25, 0.3) is 5.69 Å². The molecule has 3 rings (SSSR count). The third-order valence-corrected chi connectivity index (χ3v) is 6.01. The molecule has 9 heteroatoms. The van der Waals surface area contributed by atoms with Gasteiger partial charge < -0.3 is 14.8 Å². The lowest BCUT2D eigenvalue weighted by Crippen LogP contribution is -2.21. The van der Waals surface area contributed by atoms with Crippen molar-refractivity contribution >= 4 is 35.3 Å². The second-order valence-electron chi connectivity index (χ2n) is 7.54. The van der Waals surface area contributed by atoms with Crippen LogP contribution in [0, 0.1) is 13.8 Å². The number of esters is 2. The van der Waals surface area contributed by atoms with Crippen LogP contribution in [0.3, 0.4) is 0 Å². The number of methoxy groups -OCH3 is 1. The van der Waals surface area contributed by atoms with E-state index in [0.717, 1.165) is 27.5 Å². The summed E-state index contributed by atoms with van der Waals surface area (Å²) in [6, 6.07) is 14.2. The summed E-state index contributed by atoms with van der Waals surface area (Å²) >= 11 is 1.57. The lowest BCUT2D eigenvalue weighted by Gasteiger charge is -2.09. The van der Waals surface area contributed by atoms with Crippen LogP contribution < -0.4 is 5.32 Å². The number of thioether (sulfide) groups is 1. The fraction of sp³-hybridized carbons (Fsp3) is 0.280. The highest BCUT2D eigenvalue weighted by Gasteiger charge is 2.16. The Morgan fingerprint density at radius 2 is 1.82 bits per heavy atom. The highest BCUT2D eigenvalue weighted by Crippen LogP contribution is 2.21. The summed E-state index contributed by atoms with van der Waals surface area (Å²) in [5, 5.41) is 7.28. The van der Waals surface area contributed by atoms with Crippen molar-refractivity contribution in [3.63, 3.8) is 0 Å². The molecule has 0 saturated carbocycles. The average Bonchev–Trinajstić information content (AvgIpc) is 3.14. The lowest BCUT2D eigenvalue weighted by atomic mass is 10.1. The van der Waals surface area contributed by atoms with Gasteiger partial charge in [-0.3, -0.25) is 9.59 Å². The van der Waals surface area contributed by atoms with E-state index in [2.05, 4.69) is 10.4 Å². The van der Waals surface area contributed by atoms with Crippen LogP contribution in [0.2, 0.25) is 0 Å². The molecular weight excluding hydrogens is 454 g/mol. The molecule has 0 aliphatic carbocycles. The monoisotopic (exact) mass is 481 g/mol. The van der Waals surface area contributed by atoms with E-state index in [0.29, 0.717) is 17.7 Å². The van der Waals surface area contributed by atoms with Crippen LogP contribution in [-0.4, -0.2) is 47.6 Å². The van der Waals surface area contributed by atoms with Gasteiger partial charge in [-0.15, -0.1) is 11.8 Å². The SMILES string of the molecule is COC(=O)CCc1c(C)nn(-c2ccc(C(=O)OCC(=O)Nc3cccc(SC)c3)cc2)c1C. The molecule has 1 N–H and O–H groups in total. The maximum Gasteiger partial charge on any atom is 0.338 e. The fourth-order valence-electron chi connectivity index (χ4n) is 3.47. The van der Waals surface area contributed by atoms with E-state index in [1.807, 2.05) is 38.3 Å². The summed E-state index contributed by atoms with van der Waals surface area (Å²) in [6.45, 7) is 3.44. The molecule has 0 atom stereocenters. The fourth-order valence-corrected chi connectivity index (χ4v) is 3.93. The summed E-state index contributed by atoms with van der Waals surface area (Å²) in [6.07, 6.45) is 2.77. The van der Waals surface area contributed by atoms with Crippen molar-refractivity contribution < 1.29 is 23.9 Å². The molecule has 0 saturated heterocycles. The van der Waals surface area contributed by atoms with E-state index >= 15 is 0 Å². The van der Waals surface area contributed by atoms with Gasteiger partial charge in [0.1, 0.15) is 0 Å². The van der Waals surface area contributed by atoms with Gasteiger partial charge >= 0.3 is 11.9 Å². The smallest absolute Gasteiger partial charge is 0.338 e. The highest BCUT2D eigenvalue weighted by molar-refractivity contribution is 7.98. The summed E-state index contributed by atoms with van der Waals surface area (Å²) in [5.74, 6) is -1.27. The zero-order chi connectivity index (χ0) is 24.7. The Morgan fingerprint density at radius 3 is 2.50 bits per heavy atom. The number of hydrogen-bond donors (Lipinski definition) is 1. The topological polar surface area (TPSA) is 99.5 Å². The molecule has 3 aromatic rings. The predicted octanol–water partition coefficient (Wildman–Crippen LogP) is 4.11. The molecule has 0 spiro atoms. The van der Waals surface area contributed by atoms with Crippen LogP contribution in [0.15, 0.2) is 53.4 Å². The molecule has 0 fully saturated rings. The standard InChI is InChI=1S/C25H27N3O5S/c1-16-22(12-13-24(30)32-3)17(2)28(27-16)20-10-8-18(9-11-20)25(31)33-15-23(29)26-19-6-5-7-21(14-19)34-4/h5-11,14H,12-13,15H2,1-4H3,(H,26,29). The third kappa shape index (κ3) is 6.26. The summed E-state index contributed by atoms with van der Waals surface area (Å²) < 4.78 is 11.6. The van der Waals surface area contributed by atoms with Gasteiger partial charge in [-0.1, -0.05) is 6.07 Å². The van der Waals surface area contributed by atoms with Gasteiger partial charge in [-0.05, 0) is 74.6 Å². The van der Waals surface area contributed by atoms with Gasteiger partial charge in [-0.25, -0.2) is 9.48 Å². The van der Waals surface area contributed by atoms with Crippen LogP contribution in [-0.2, 0) is 25.5 Å². The van der Waals surface area contributed by atoms with Crippen LogP contribution in [0.1, 0.15) is 33.7 Å². The van der Waals surface area contributed by atoms with Gasteiger partial charge in [0, 0.05) is 22.7 Å². The van der Waals surface area contributed by atoms with Gasteiger partial charge in [0.25, 0.3) is 5.91 Å². The molecule has 8 nitrogen and oxygen atoms in total. The molecule has 1 aromatic heterocycles. The van der Waals surface area contributed by atoms with E-state index < -0.39 is 11.9 Å². The molecule has 0 bridgehead atoms. The number of carbonyl (C=O) groups excluding carboxylic acids is 3. The number of carbonyl (C=O) groups is 3. The molecule has 0 unspecified atom stereocenters. The number of amides is 1. The van der Waals surface area contributed by atoms with Crippen LogP contribution in [0.4, 0.5) is 5.69 Å². The Bertz CT molecular complexity index is 1190. The van der Waals surface area contributed by atoms with E-state index in [9.17, 15) is 14.4 Å². The molecule has 0 aliphatic rings. The molecule has 34 heavy (non-hydrogen) atoms. The number of ether oxygens (including phenoxy) is 2. The number of aryl methyl sites for hydroxylation is 1. The number of aromatic nitrogens is 2. The van der Waals surface area contributed by atoms with Crippen molar-refractivity contribution in [2.24, 2.45) is 0 Å². The van der Waals surface area contributed by atoms with E-state index in [-0.39, 0.29) is 19.0 Å². The number of nitrogens with zero attached hydrogens (tertiary/aromatic N) is 2. The lowest BCUT2D eigenvalue weighted by molar-refractivity contribution is -0.140. The minimum Gasteiger partial charge on any atom is -0.469 e. The number of anilines is 1. The summed E-state index contributed by atoms with van der Waals surface area (Å²) in [7, 11) is 1.37. The second-order valence-corrected chi connectivity index (χ2v) is 8.42. The molecule has 0 radical (unpaired) electrons. The number of benzene rings is 2. The van der Waals surface area contributed by atoms with Crippen LogP contribution >= 0.6 is 11.8 Å². The molecule has 1 amide bonds. The minimum absolute atomic E-state index is 0.267. The van der Waals surface area contributed by atoms with Gasteiger partial charge in [0.05, 0.1) is 24.1 Å². The van der Waals surface area contributed by atoms with Crippen molar-refractivity contribution in [2.45, 2.75) is 31.6 Å². The zero-order valence-corrected chi connectivity index (χ0v) is 20.4. The summed E-state index contributed by atoms with van der Waals surface area (Å²) in [4.78, 5) is 37.0. The van der Waals surface area contributed by atoms with Gasteiger partial charge in [0.15, 0.2) is 6.61 Å². The normalized spacial score (nSPS) is 10.6. The van der Waals surface area contributed by atoms with E-state index in [1.165, 1.54) is 7.11 Å². The predicted molar refractivity (Wildman–Crippen MR) is 131 cm³/mol. The second kappa shape index (κ2) is 11.5.